The van der Waals surface area contributed by atoms with Crippen LogP contribution in [0.15, 0.2) is 36.8 Å². The molecule has 0 fully saturated rings. The molecule has 0 aliphatic carbocycles. The standard InChI is InChI=1S/C14H16N4O3S2.C2HF3O2/c19-13(20)3-8-22-23-9-6-16-14(21)12-10-11(2-5-15-12)18-7-1-4-17-18;3-2(4,5)1(6)7/h1-2,4-5,7,10H,3,6,8-9H2,(H,16,21)(H,19,20);(H,6,7). The normalized spacial score (nSPS) is 10.6. The monoisotopic (exact) mass is 466 g/mol. The van der Waals surface area contributed by atoms with Gasteiger partial charge in [0.25, 0.3) is 5.91 Å². The Balaban J connectivity index is 0.000000553. The first-order valence-electron chi connectivity index (χ1n) is 8.12. The summed E-state index contributed by atoms with van der Waals surface area (Å²) in [4.78, 5) is 35.4. The number of aliphatic carboxylic acids is 2. The molecular formula is C16H17F3N4O5S2. The van der Waals surface area contributed by atoms with Gasteiger partial charge in [0.15, 0.2) is 0 Å². The summed E-state index contributed by atoms with van der Waals surface area (Å²) in [7, 11) is 3.02. The van der Waals surface area contributed by atoms with E-state index < -0.39 is 18.1 Å². The third kappa shape index (κ3) is 10.2. The lowest BCUT2D eigenvalue weighted by molar-refractivity contribution is -0.192. The molecule has 0 aromatic carbocycles. The molecule has 30 heavy (non-hydrogen) atoms. The van der Waals surface area contributed by atoms with E-state index in [2.05, 4.69) is 15.4 Å². The zero-order valence-electron chi connectivity index (χ0n) is 15.2. The van der Waals surface area contributed by atoms with Gasteiger partial charge in [0, 0.05) is 36.6 Å². The molecule has 0 atom stereocenters. The van der Waals surface area contributed by atoms with Crippen molar-refractivity contribution in [2.24, 2.45) is 0 Å². The number of pyridine rings is 1. The van der Waals surface area contributed by atoms with Gasteiger partial charge in [-0.25, -0.2) is 9.48 Å². The van der Waals surface area contributed by atoms with Gasteiger partial charge in [-0.3, -0.25) is 14.6 Å². The second kappa shape index (κ2) is 12.7. The van der Waals surface area contributed by atoms with E-state index in [4.69, 9.17) is 15.0 Å². The van der Waals surface area contributed by atoms with Crippen molar-refractivity contribution in [3.8, 4) is 5.69 Å². The fraction of sp³-hybridized carbons (Fsp3) is 0.312. The highest BCUT2D eigenvalue weighted by molar-refractivity contribution is 8.76. The van der Waals surface area contributed by atoms with Gasteiger partial charge in [-0.05, 0) is 18.2 Å². The van der Waals surface area contributed by atoms with Gasteiger partial charge < -0.3 is 15.5 Å². The number of carboxylic acids is 2. The second-order valence-corrected chi connectivity index (χ2v) is 7.90. The van der Waals surface area contributed by atoms with Gasteiger partial charge in [0.1, 0.15) is 5.69 Å². The summed E-state index contributed by atoms with van der Waals surface area (Å²) in [6.07, 6.45) is 0.0953. The maximum atomic E-state index is 12.0. The zero-order valence-corrected chi connectivity index (χ0v) is 16.8. The maximum Gasteiger partial charge on any atom is 0.490 e. The number of hydrogen-bond donors (Lipinski definition) is 3. The summed E-state index contributed by atoms with van der Waals surface area (Å²) in [5.74, 6) is -2.53. The molecule has 2 heterocycles. The molecular weight excluding hydrogens is 449 g/mol. The SMILES string of the molecule is O=C(O)C(F)(F)F.O=C(O)CCSSCCNC(=O)c1cc(-n2cccn2)ccn1. The van der Waals surface area contributed by atoms with Crippen LogP contribution in [-0.4, -0.2) is 67.1 Å². The van der Waals surface area contributed by atoms with Crippen LogP contribution < -0.4 is 5.32 Å². The molecule has 0 spiro atoms. The minimum Gasteiger partial charge on any atom is -0.481 e. The van der Waals surface area contributed by atoms with E-state index in [0.717, 1.165) is 5.69 Å². The van der Waals surface area contributed by atoms with Crippen LogP contribution >= 0.6 is 21.6 Å². The molecule has 0 radical (unpaired) electrons. The van der Waals surface area contributed by atoms with Crippen LogP contribution in [0.2, 0.25) is 0 Å². The summed E-state index contributed by atoms with van der Waals surface area (Å²) in [6, 6.07) is 5.26. The Hall–Kier alpha value is -2.74. The first-order chi connectivity index (χ1) is 14.1. The maximum absolute atomic E-state index is 12.0. The molecule has 2 rings (SSSR count). The molecule has 0 bridgehead atoms. The predicted molar refractivity (Wildman–Crippen MR) is 105 cm³/mol. The fourth-order valence-corrected chi connectivity index (χ4v) is 3.54. The lowest BCUT2D eigenvalue weighted by Gasteiger charge is -2.06. The summed E-state index contributed by atoms with van der Waals surface area (Å²) >= 11 is 0. The summed E-state index contributed by atoms with van der Waals surface area (Å²) in [6.45, 7) is 0.497. The number of carbonyl (C=O) groups is 3. The average Bonchev–Trinajstić information content (AvgIpc) is 3.21. The van der Waals surface area contributed by atoms with Crippen LogP contribution in [-0.2, 0) is 9.59 Å². The van der Waals surface area contributed by atoms with Crippen LogP contribution in [0, 0.1) is 0 Å². The van der Waals surface area contributed by atoms with Crippen molar-refractivity contribution >= 4 is 39.4 Å². The first kappa shape index (κ1) is 25.3. The summed E-state index contributed by atoms with van der Waals surface area (Å²) in [5.41, 5.74) is 1.11. The predicted octanol–water partition coefficient (Wildman–Crippen LogP) is 2.49. The lowest BCUT2D eigenvalue weighted by atomic mass is 10.3. The van der Waals surface area contributed by atoms with Gasteiger partial charge in [-0.15, -0.1) is 0 Å². The summed E-state index contributed by atoms with van der Waals surface area (Å²) in [5, 5.41) is 22.5. The van der Waals surface area contributed by atoms with Crippen LogP contribution in [0.4, 0.5) is 13.2 Å². The lowest BCUT2D eigenvalue weighted by Crippen LogP contribution is -2.26. The van der Waals surface area contributed by atoms with Crippen LogP contribution in [0.3, 0.4) is 0 Å². The number of hydrogen-bond acceptors (Lipinski definition) is 7. The number of aromatic nitrogens is 3. The molecule has 2 aromatic rings. The van der Waals surface area contributed by atoms with Gasteiger partial charge in [0.05, 0.1) is 12.1 Å². The van der Waals surface area contributed by atoms with Crippen molar-refractivity contribution < 1.29 is 37.8 Å². The van der Waals surface area contributed by atoms with Crippen LogP contribution in [0.25, 0.3) is 5.69 Å². The molecule has 164 valence electrons. The molecule has 9 nitrogen and oxygen atoms in total. The van der Waals surface area contributed by atoms with E-state index in [1.807, 2.05) is 0 Å². The molecule has 0 unspecified atom stereocenters. The minimum absolute atomic E-state index is 0.147. The molecule has 1 amide bonds. The number of carboxylic acid groups (broad SMARTS) is 2. The molecule has 0 aliphatic heterocycles. The molecule has 3 N–H and O–H groups in total. The minimum atomic E-state index is -5.08. The average molecular weight is 466 g/mol. The fourth-order valence-electron chi connectivity index (χ4n) is 1.65. The van der Waals surface area contributed by atoms with Crippen molar-refractivity contribution in [3.63, 3.8) is 0 Å². The van der Waals surface area contributed by atoms with E-state index in [-0.39, 0.29) is 12.3 Å². The highest BCUT2D eigenvalue weighted by Gasteiger charge is 2.38. The van der Waals surface area contributed by atoms with E-state index in [9.17, 15) is 22.8 Å². The highest BCUT2D eigenvalue weighted by Crippen LogP contribution is 2.21. The van der Waals surface area contributed by atoms with Crippen molar-refractivity contribution in [2.75, 3.05) is 18.1 Å². The van der Waals surface area contributed by atoms with Crippen LogP contribution in [0.5, 0.6) is 0 Å². The Morgan fingerprint density at radius 3 is 2.37 bits per heavy atom. The van der Waals surface area contributed by atoms with Gasteiger partial charge >= 0.3 is 18.1 Å². The number of nitrogens with one attached hydrogen (secondary N) is 1. The molecule has 0 aliphatic rings. The number of amides is 1. The van der Waals surface area contributed by atoms with Crippen molar-refractivity contribution in [2.45, 2.75) is 12.6 Å². The second-order valence-electron chi connectivity index (χ2n) is 5.20. The Labute approximate surface area is 176 Å². The zero-order chi connectivity index (χ0) is 22.6. The molecule has 0 saturated heterocycles. The molecule has 2 aromatic heterocycles. The Morgan fingerprint density at radius 2 is 1.80 bits per heavy atom. The number of nitrogens with zero attached hydrogens (tertiary/aromatic N) is 3. The largest absolute Gasteiger partial charge is 0.490 e. The Bertz CT molecular complexity index is 835. The third-order valence-corrected chi connectivity index (χ3v) is 5.35. The third-order valence-electron chi connectivity index (χ3n) is 2.94. The van der Waals surface area contributed by atoms with Crippen molar-refractivity contribution in [3.05, 3.63) is 42.5 Å². The van der Waals surface area contributed by atoms with E-state index in [1.54, 1.807) is 41.5 Å². The van der Waals surface area contributed by atoms with E-state index in [0.29, 0.717) is 23.7 Å². The quantitative estimate of drug-likeness (QED) is 0.376. The first-order valence-corrected chi connectivity index (χ1v) is 10.6. The molecule has 0 saturated carbocycles. The van der Waals surface area contributed by atoms with E-state index >= 15 is 0 Å². The Kier molecular flexibility index (Phi) is 10.7. The van der Waals surface area contributed by atoms with E-state index in [1.165, 1.54) is 21.6 Å². The Morgan fingerprint density at radius 1 is 1.13 bits per heavy atom. The van der Waals surface area contributed by atoms with Crippen LogP contribution in [0.1, 0.15) is 16.9 Å². The number of halogens is 3. The number of carbonyl (C=O) groups excluding carboxylic acids is 1. The molecule has 14 heteroatoms. The van der Waals surface area contributed by atoms with Gasteiger partial charge in [-0.1, -0.05) is 21.6 Å². The highest BCUT2D eigenvalue weighted by atomic mass is 33.1. The van der Waals surface area contributed by atoms with Crippen molar-refractivity contribution in [1.29, 1.82) is 0 Å². The van der Waals surface area contributed by atoms with Gasteiger partial charge in [0.2, 0.25) is 0 Å². The number of alkyl halides is 3. The van der Waals surface area contributed by atoms with Crippen molar-refractivity contribution in [1.82, 2.24) is 20.1 Å². The summed E-state index contributed by atoms with van der Waals surface area (Å²) < 4.78 is 33.4. The number of rotatable bonds is 9. The van der Waals surface area contributed by atoms with Gasteiger partial charge in [-0.2, -0.15) is 18.3 Å². The smallest absolute Gasteiger partial charge is 0.481 e. The topological polar surface area (TPSA) is 134 Å².